The second kappa shape index (κ2) is 7.86. The van der Waals surface area contributed by atoms with Gasteiger partial charge in [-0.15, -0.1) is 11.3 Å². The van der Waals surface area contributed by atoms with E-state index in [4.69, 9.17) is 17.0 Å². The van der Waals surface area contributed by atoms with Gasteiger partial charge >= 0.3 is 0 Å². The first-order valence-electron chi connectivity index (χ1n) is 7.85. The molecule has 1 aromatic carbocycles. The van der Waals surface area contributed by atoms with Gasteiger partial charge < -0.3 is 15.4 Å². The average molecular weight is 348 g/mol. The van der Waals surface area contributed by atoms with E-state index < -0.39 is 0 Å². The summed E-state index contributed by atoms with van der Waals surface area (Å²) >= 11 is 6.98. The topological polar surface area (TPSA) is 46.2 Å². The van der Waals surface area contributed by atoms with Crippen LogP contribution >= 0.6 is 23.6 Å². The molecule has 1 fully saturated rings. The van der Waals surface area contributed by atoms with Gasteiger partial charge in [0.05, 0.1) is 16.8 Å². The number of nitrogens with one attached hydrogen (secondary N) is 2. The van der Waals surface area contributed by atoms with E-state index >= 15 is 0 Å². The SMILES string of the molecule is Cc1nc(-c2ccc(CNC(=S)NC[C@H]3CCCO3)cc2)cs1. The van der Waals surface area contributed by atoms with E-state index in [0.717, 1.165) is 42.3 Å². The van der Waals surface area contributed by atoms with Gasteiger partial charge in [-0.2, -0.15) is 0 Å². The van der Waals surface area contributed by atoms with Gasteiger partial charge in [0.1, 0.15) is 0 Å². The molecule has 0 bridgehead atoms. The number of nitrogens with zero attached hydrogens (tertiary/aromatic N) is 1. The van der Waals surface area contributed by atoms with Crippen molar-refractivity contribution in [1.82, 2.24) is 15.6 Å². The zero-order valence-electron chi connectivity index (χ0n) is 13.2. The van der Waals surface area contributed by atoms with Crippen LogP contribution in [0.25, 0.3) is 11.3 Å². The third kappa shape index (κ3) is 4.73. The largest absolute Gasteiger partial charge is 0.376 e. The van der Waals surface area contributed by atoms with Gasteiger partial charge in [-0.05, 0) is 37.5 Å². The van der Waals surface area contributed by atoms with Crippen molar-refractivity contribution < 1.29 is 4.74 Å². The summed E-state index contributed by atoms with van der Waals surface area (Å²) in [6.45, 7) is 4.40. The van der Waals surface area contributed by atoms with Gasteiger partial charge in [-0.1, -0.05) is 24.3 Å². The fraction of sp³-hybridized carbons (Fsp3) is 0.412. The van der Waals surface area contributed by atoms with Crippen molar-refractivity contribution in [3.63, 3.8) is 0 Å². The molecule has 2 heterocycles. The van der Waals surface area contributed by atoms with E-state index in [-0.39, 0.29) is 0 Å². The van der Waals surface area contributed by atoms with Gasteiger partial charge in [0.2, 0.25) is 0 Å². The van der Waals surface area contributed by atoms with Crippen LogP contribution in [-0.2, 0) is 11.3 Å². The standard InChI is InChI=1S/C17H21N3OS2/c1-12-20-16(11-23-12)14-6-4-13(5-7-14)9-18-17(22)19-10-15-3-2-8-21-15/h4-7,11,15H,2-3,8-10H2,1H3,(H2,18,19,22)/t15-/m1/s1. The van der Waals surface area contributed by atoms with Gasteiger partial charge in [0.25, 0.3) is 0 Å². The first-order chi connectivity index (χ1) is 11.2. The summed E-state index contributed by atoms with van der Waals surface area (Å²) in [6.07, 6.45) is 2.57. The maximum Gasteiger partial charge on any atom is 0.166 e. The van der Waals surface area contributed by atoms with E-state index in [1.807, 2.05) is 6.92 Å². The Morgan fingerprint density at radius 3 is 2.83 bits per heavy atom. The molecule has 2 N–H and O–H groups in total. The lowest BCUT2D eigenvalue weighted by molar-refractivity contribution is 0.114. The van der Waals surface area contributed by atoms with Crippen molar-refractivity contribution in [2.24, 2.45) is 0 Å². The molecule has 1 atom stereocenters. The Bertz CT molecular complexity index is 648. The number of benzene rings is 1. The second-order valence-electron chi connectivity index (χ2n) is 5.65. The highest BCUT2D eigenvalue weighted by atomic mass is 32.1. The molecule has 0 unspecified atom stereocenters. The van der Waals surface area contributed by atoms with E-state index in [1.165, 1.54) is 5.56 Å². The Kier molecular flexibility index (Phi) is 5.59. The Morgan fingerprint density at radius 2 is 2.17 bits per heavy atom. The minimum Gasteiger partial charge on any atom is -0.376 e. The Balaban J connectivity index is 1.45. The van der Waals surface area contributed by atoms with Crippen LogP contribution in [0.1, 0.15) is 23.4 Å². The van der Waals surface area contributed by atoms with E-state index in [0.29, 0.717) is 17.8 Å². The molecule has 6 heteroatoms. The third-order valence-electron chi connectivity index (χ3n) is 3.84. The van der Waals surface area contributed by atoms with Crippen molar-refractivity contribution in [2.75, 3.05) is 13.2 Å². The molecule has 0 amide bonds. The van der Waals surface area contributed by atoms with Crippen molar-refractivity contribution in [1.29, 1.82) is 0 Å². The summed E-state index contributed by atoms with van der Waals surface area (Å²) in [5.41, 5.74) is 3.39. The summed E-state index contributed by atoms with van der Waals surface area (Å²) < 4.78 is 5.57. The molecular weight excluding hydrogens is 326 g/mol. The minimum absolute atomic E-state index is 0.301. The van der Waals surface area contributed by atoms with Crippen LogP contribution in [-0.4, -0.2) is 29.4 Å². The molecule has 0 spiro atoms. The lowest BCUT2D eigenvalue weighted by Crippen LogP contribution is -2.39. The van der Waals surface area contributed by atoms with Crippen LogP contribution in [0.5, 0.6) is 0 Å². The zero-order chi connectivity index (χ0) is 16.1. The van der Waals surface area contributed by atoms with Gasteiger partial charge in [-0.3, -0.25) is 0 Å². The molecule has 23 heavy (non-hydrogen) atoms. The number of hydrogen-bond donors (Lipinski definition) is 2. The molecule has 1 aliphatic heterocycles. The number of thiocarbonyl (C=S) groups is 1. The highest BCUT2D eigenvalue weighted by Crippen LogP contribution is 2.21. The molecule has 122 valence electrons. The monoisotopic (exact) mass is 347 g/mol. The molecule has 2 aromatic rings. The smallest absolute Gasteiger partial charge is 0.166 e. The van der Waals surface area contributed by atoms with Crippen molar-refractivity contribution in [3.05, 3.63) is 40.2 Å². The summed E-state index contributed by atoms with van der Waals surface area (Å²) in [4.78, 5) is 4.51. The average Bonchev–Trinajstić information content (AvgIpc) is 3.23. The minimum atomic E-state index is 0.301. The summed E-state index contributed by atoms with van der Waals surface area (Å²) in [5.74, 6) is 0. The van der Waals surface area contributed by atoms with E-state index in [1.54, 1.807) is 11.3 Å². The quantitative estimate of drug-likeness (QED) is 0.813. The Morgan fingerprint density at radius 1 is 1.35 bits per heavy atom. The molecule has 0 saturated carbocycles. The molecule has 1 aliphatic rings. The van der Waals surface area contributed by atoms with Crippen LogP contribution < -0.4 is 10.6 Å². The lowest BCUT2D eigenvalue weighted by Gasteiger charge is -2.14. The number of aryl methyl sites for hydroxylation is 1. The summed E-state index contributed by atoms with van der Waals surface area (Å²) in [7, 11) is 0. The number of aromatic nitrogens is 1. The van der Waals surface area contributed by atoms with Gasteiger partial charge in [0, 0.05) is 30.6 Å². The molecule has 4 nitrogen and oxygen atoms in total. The Hall–Kier alpha value is -1.50. The summed E-state index contributed by atoms with van der Waals surface area (Å²) in [5, 5.41) is 10.3. The van der Waals surface area contributed by atoms with Crippen molar-refractivity contribution in [3.8, 4) is 11.3 Å². The molecule has 1 saturated heterocycles. The van der Waals surface area contributed by atoms with Gasteiger partial charge in [-0.25, -0.2) is 4.98 Å². The number of rotatable bonds is 5. The molecular formula is C17H21N3OS2. The maximum absolute atomic E-state index is 5.57. The fourth-order valence-corrected chi connectivity index (χ4v) is 3.32. The Labute approximate surface area is 146 Å². The first-order valence-corrected chi connectivity index (χ1v) is 9.14. The van der Waals surface area contributed by atoms with E-state index in [2.05, 4.69) is 45.3 Å². The fourth-order valence-electron chi connectivity index (χ4n) is 2.55. The molecule has 0 radical (unpaired) electrons. The van der Waals surface area contributed by atoms with Crippen LogP contribution in [0.2, 0.25) is 0 Å². The van der Waals surface area contributed by atoms with Crippen LogP contribution in [0.3, 0.4) is 0 Å². The summed E-state index contributed by atoms with van der Waals surface area (Å²) in [6, 6.07) is 8.43. The van der Waals surface area contributed by atoms with Crippen LogP contribution in [0.4, 0.5) is 0 Å². The molecule has 1 aromatic heterocycles. The van der Waals surface area contributed by atoms with Crippen LogP contribution in [0.15, 0.2) is 29.6 Å². The first kappa shape index (κ1) is 16.4. The second-order valence-corrected chi connectivity index (χ2v) is 7.12. The highest BCUT2D eigenvalue weighted by molar-refractivity contribution is 7.80. The highest BCUT2D eigenvalue weighted by Gasteiger charge is 2.15. The zero-order valence-corrected chi connectivity index (χ0v) is 14.8. The van der Waals surface area contributed by atoms with Crippen molar-refractivity contribution in [2.45, 2.75) is 32.4 Å². The third-order valence-corrected chi connectivity index (χ3v) is 4.90. The van der Waals surface area contributed by atoms with Crippen molar-refractivity contribution >= 4 is 28.7 Å². The van der Waals surface area contributed by atoms with Gasteiger partial charge in [0.15, 0.2) is 5.11 Å². The number of thiazole rings is 1. The van der Waals surface area contributed by atoms with E-state index in [9.17, 15) is 0 Å². The lowest BCUT2D eigenvalue weighted by atomic mass is 10.1. The normalized spacial score (nSPS) is 17.2. The number of hydrogen-bond acceptors (Lipinski definition) is 4. The van der Waals surface area contributed by atoms with Crippen LogP contribution in [0, 0.1) is 6.92 Å². The molecule has 0 aliphatic carbocycles. The predicted octanol–water partition coefficient (Wildman–Crippen LogP) is 3.26. The maximum atomic E-state index is 5.57. The molecule has 3 rings (SSSR count). The predicted molar refractivity (Wildman–Crippen MR) is 98.7 cm³/mol. The number of ether oxygens (including phenoxy) is 1.